The molecule has 0 aromatic heterocycles. The first-order valence-electron chi connectivity index (χ1n) is 4.73. The fourth-order valence-electron chi connectivity index (χ4n) is 1.84. The van der Waals surface area contributed by atoms with Gasteiger partial charge in [-0.15, -0.1) is 0 Å². The molecule has 2 unspecified atom stereocenters. The van der Waals surface area contributed by atoms with Crippen LogP contribution in [0.2, 0.25) is 0 Å². The molecular weight excluding hydrogens is 210 g/mol. The van der Waals surface area contributed by atoms with Crippen molar-refractivity contribution in [3.63, 3.8) is 0 Å². The fraction of sp³-hybridized carbons (Fsp3) is 0.182. The minimum Gasteiger partial charge on any atom is -0.481 e. The number of carbonyl (C=O) groups is 3. The molecule has 1 fully saturated rings. The van der Waals surface area contributed by atoms with Crippen LogP contribution in [0.3, 0.4) is 0 Å². The number of carboxylic acid groups (broad SMARTS) is 1. The first-order chi connectivity index (χ1) is 7.61. The summed E-state index contributed by atoms with van der Waals surface area (Å²) in [5.74, 6) is -4.83. The van der Waals surface area contributed by atoms with Crippen LogP contribution < -0.4 is 5.32 Å². The summed E-state index contributed by atoms with van der Waals surface area (Å²) in [5.41, 5.74) is 0.540. The van der Waals surface area contributed by atoms with E-state index in [-0.39, 0.29) is 0 Å². The molecule has 2 amide bonds. The fourth-order valence-corrected chi connectivity index (χ4v) is 1.84. The van der Waals surface area contributed by atoms with Gasteiger partial charge >= 0.3 is 5.97 Å². The SMILES string of the molecule is O=C(O)C1C(=O)NC(=O)C1c1ccccc1. The van der Waals surface area contributed by atoms with Gasteiger partial charge in [-0.1, -0.05) is 30.3 Å². The maximum atomic E-state index is 11.5. The molecule has 1 saturated heterocycles. The number of aliphatic carboxylic acids is 1. The van der Waals surface area contributed by atoms with Crippen LogP contribution in [0.15, 0.2) is 30.3 Å². The van der Waals surface area contributed by atoms with E-state index < -0.39 is 29.6 Å². The van der Waals surface area contributed by atoms with E-state index in [1.807, 2.05) is 5.32 Å². The lowest BCUT2D eigenvalue weighted by Gasteiger charge is -2.11. The van der Waals surface area contributed by atoms with Gasteiger partial charge in [-0.25, -0.2) is 0 Å². The highest BCUT2D eigenvalue weighted by Gasteiger charge is 2.47. The average molecular weight is 219 g/mol. The third-order valence-electron chi connectivity index (χ3n) is 2.57. The third kappa shape index (κ3) is 1.56. The smallest absolute Gasteiger partial charge is 0.317 e. The summed E-state index contributed by atoms with van der Waals surface area (Å²) in [6.07, 6.45) is 0. The summed E-state index contributed by atoms with van der Waals surface area (Å²) in [6, 6.07) is 8.43. The van der Waals surface area contributed by atoms with Crippen LogP contribution >= 0.6 is 0 Å². The molecule has 82 valence electrons. The summed E-state index contributed by atoms with van der Waals surface area (Å²) >= 11 is 0. The van der Waals surface area contributed by atoms with Gasteiger partial charge in [-0.2, -0.15) is 0 Å². The lowest BCUT2D eigenvalue weighted by atomic mass is 9.88. The van der Waals surface area contributed by atoms with E-state index in [0.717, 1.165) is 0 Å². The van der Waals surface area contributed by atoms with E-state index in [0.29, 0.717) is 5.56 Å². The largest absolute Gasteiger partial charge is 0.481 e. The maximum Gasteiger partial charge on any atom is 0.317 e. The zero-order valence-electron chi connectivity index (χ0n) is 8.21. The second-order valence-electron chi connectivity index (χ2n) is 3.56. The molecule has 1 aliphatic heterocycles. The number of nitrogens with one attached hydrogen (secondary N) is 1. The van der Waals surface area contributed by atoms with Crippen LogP contribution in [0.4, 0.5) is 0 Å². The van der Waals surface area contributed by atoms with E-state index in [9.17, 15) is 14.4 Å². The Labute approximate surface area is 91.1 Å². The second-order valence-corrected chi connectivity index (χ2v) is 3.56. The Bertz CT molecular complexity index is 454. The molecule has 0 spiro atoms. The van der Waals surface area contributed by atoms with Crippen LogP contribution in [0.1, 0.15) is 11.5 Å². The molecule has 2 N–H and O–H groups in total. The van der Waals surface area contributed by atoms with Crippen molar-refractivity contribution in [1.29, 1.82) is 0 Å². The minimum atomic E-state index is -1.32. The molecule has 0 bridgehead atoms. The number of carboxylic acids is 1. The lowest BCUT2D eigenvalue weighted by Crippen LogP contribution is -2.26. The Morgan fingerprint density at radius 3 is 2.31 bits per heavy atom. The molecule has 2 atom stereocenters. The third-order valence-corrected chi connectivity index (χ3v) is 2.57. The summed E-state index contributed by atoms with van der Waals surface area (Å²) < 4.78 is 0. The molecule has 0 aliphatic carbocycles. The van der Waals surface area contributed by atoms with Gasteiger partial charge in [-0.3, -0.25) is 19.7 Å². The maximum absolute atomic E-state index is 11.5. The van der Waals surface area contributed by atoms with E-state index in [1.165, 1.54) is 0 Å². The number of rotatable bonds is 2. The zero-order valence-corrected chi connectivity index (χ0v) is 8.21. The summed E-state index contributed by atoms with van der Waals surface area (Å²) in [7, 11) is 0. The van der Waals surface area contributed by atoms with Crippen LogP contribution in [0.25, 0.3) is 0 Å². The van der Waals surface area contributed by atoms with Gasteiger partial charge in [0.25, 0.3) is 0 Å². The van der Waals surface area contributed by atoms with Crippen molar-refractivity contribution < 1.29 is 19.5 Å². The highest BCUT2D eigenvalue weighted by molar-refractivity contribution is 6.15. The van der Waals surface area contributed by atoms with E-state index in [2.05, 4.69) is 0 Å². The lowest BCUT2D eigenvalue weighted by molar-refractivity contribution is -0.146. The molecule has 1 aromatic rings. The molecular formula is C11H9NO4. The molecule has 2 rings (SSSR count). The number of benzene rings is 1. The predicted octanol–water partition coefficient (Wildman–Crippen LogP) is 0.127. The van der Waals surface area contributed by atoms with Crippen molar-refractivity contribution >= 4 is 17.8 Å². The molecule has 16 heavy (non-hydrogen) atoms. The van der Waals surface area contributed by atoms with Crippen molar-refractivity contribution in [2.45, 2.75) is 5.92 Å². The van der Waals surface area contributed by atoms with Gasteiger partial charge in [0.15, 0.2) is 5.92 Å². The van der Waals surface area contributed by atoms with Crippen molar-refractivity contribution in [2.75, 3.05) is 0 Å². The Kier molecular flexibility index (Phi) is 2.44. The number of imide groups is 1. The number of hydrogen-bond acceptors (Lipinski definition) is 3. The van der Waals surface area contributed by atoms with Crippen molar-refractivity contribution in [3.05, 3.63) is 35.9 Å². The predicted molar refractivity (Wildman–Crippen MR) is 53.5 cm³/mol. The highest BCUT2D eigenvalue weighted by Crippen LogP contribution is 2.29. The topological polar surface area (TPSA) is 83.5 Å². The number of hydrogen-bond donors (Lipinski definition) is 2. The molecule has 1 heterocycles. The van der Waals surface area contributed by atoms with Gasteiger partial charge in [-0.05, 0) is 5.56 Å². The van der Waals surface area contributed by atoms with E-state index in [1.54, 1.807) is 30.3 Å². The Balaban J connectivity index is 2.42. The van der Waals surface area contributed by atoms with Crippen molar-refractivity contribution in [3.8, 4) is 0 Å². The molecule has 0 saturated carbocycles. The monoisotopic (exact) mass is 219 g/mol. The minimum absolute atomic E-state index is 0.540. The van der Waals surface area contributed by atoms with Gasteiger partial charge < -0.3 is 5.11 Å². The number of carbonyl (C=O) groups excluding carboxylic acids is 2. The quantitative estimate of drug-likeness (QED) is 0.547. The zero-order chi connectivity index (χ0) is 11.7. The first-order valence-corrected chi connectivity index (χ1v) is 4.73. The summed E-state index contributed by atoms with van der Waals surface area (Å²) in [5, 5.41) is 11.0. The van der Waals surface area contributed by atoms with Crippen molar-refractivity contribution in [1.82, 2.24) is 5.32 Å². The van der Waals surface area contributed by atoms with Gasteiger partial charge in [0, 0.05) is 0 Å². The van der Waals surface area contributed by atoms with E-state index >= 15 is 0 Å². The highest BCUT2D eigenvalue weighted by atomic mass is 16.4. The summed E-state index contributed by atoms with van der Waals surface area (Å²) in [6.45, 7) is 0. The molecule has 5 nitrogen and oxygen atoms in total. The van der Waals surface area contributed by atoms with Crippen molar-refractivity contribution in [2.24, 2.45) is 5.92 Å². The summed E-state index contributed by atoms with van der Waals surface area (Å²) in [4.78, 5) is 33.7. The number of amides is 2. The molecule has 1 aromatic carbocycles. The Hall–Kier alpha value is -2.17. The molecule has 1 aliphatic rings. The van der Waals surface area contributed by atoms with Crippen LogP contribution in [-0.4, -0.2) is 22.9 Å². The first kappa shape index (κ1) is 10.4. The van der Waals surface area contributed by atoms with Gasteiger partial charge in [0.05, 0.1) is 5.92 Å². The van der Waals surface area contributed by atoms with Crippen LogP contribution in [0.5, 0.6) is 0 Å². The molecule has 0 radical (unpaired) electrons. The van der Waals surface area contributed by atoms with Crippen LogP contribution in [0, 0.1) is 5.92 Å². The normalized spacial score (nSPS) is 24.2. The Morgan fingerprint density at radius 1 is 1.12 bits per heavy atom. The second kappa shape index (κ2) is 3.77. The van der Waals surface area contributed by atoms with Gasteiger partial charge in [0.1, 0.15) is 0 Å². The standard InChI is InChI=1S/C11H9NO4/c13-9-7(6-4-2-1-3-5-6)8(11(15)16)10(14)12-9/h1-5,7-8H,(H,15,16)(H,12,13,14). The van der Waals surface area contributed by atoms with Crippen LogP contribution in [-0.2, 0) is 14.4 Å². The Morgan fingerprint density at radius 2 is 1.75 bits per heavy atom. The van der Waals surface area contributed by atoms with Gasteiger partial charge in [0.2, 0.25) is 11.8 Å². The average Bonchev–Trinajstić information content (AvgIpc) is 2.55. The molecule has 5 heteroatoms. The van der Waals surface area contributed by atoms with E-state index in [4.69, 9.17) is 5.11 Å².